The zero-order chi connectivity index (χ0) is 10.6. The summed E-state index contributed by atoms with van der Waals surface area (Å²) in [5.74, 6) is 0. The van der Waals surface area contributed by atoms with Gasteiger partial charge in [0.25, 0.3) is 0 Å². The van der Waals surface area contributed by atoms with E-state index in [2.05, 4.69) is 5.32 Å². The van der Waals surface area contributed by atoms with Crippen LogP contribution < -0.4 is 5.32 Å². The fraction of sp³-hybridized carbons (Fsp3) is 0.778. The number of hydrogen-bond acceptors (Lipinski definition) is 4. The van der Waals surface area contributed by atoms with E-state index >= 15 is 0 Å². The van der Waals surface area contributed by atoms with Crippen LogP contribution in [0.5, 0.6) is 0 Å². The number of ether oxygens (including phenoxy) is 1. The third kappa shape index (κ3) is 2.89. The molecule has 0 aromatic heterocycles. The maximum atomic E-state index is 11.5. The van der Waals surface area contributed by atoms with E-state index in [1.54, 1.807) is 18.7 Å². The monoisotopic (exact) mass is 197 g/mol. The van der Waals surface area contributed by atoms with Crippen LogP contribution in [-0.2, 0) is 4.74 Å². The summed E-state index contributed by atoms with van der Waals surface area (Å²) in [5, 5.41) is 11.8. The number of carbonyl (C=O) groups excluding carboxylic acids is 1. The normalized spacial score (nSPS) is 17.4. The molecule has 1 heterocycles. The van der Waals surface area contributed by atoms with Gasteiger partial charge in [-0.1, -0.05) is 0 Å². The molecule has 5 nitrogen and oxygen atoms in total. The lowest BCUT2D eigenvalue weighted by molar-refractivity contribution is 0.0424. The van der Waals surface area contributed by atoms with E-state index in [0.717, 1.165) is 13.1 Å². The van der Waals surface area contributed by atoms with Gasteiger partial charge in [0, 0.05) is 26.2 Å². The molecule has 0 atom stereocenters. The first-order valence-corrected chi connectivity index (χ1v) is 4.65. The summed E-state index contributed by atoms with van der Waals surface area (Å²) >= 11 is 0. The molecule has 0 unspecified atom stereocenters. The Labute approximate surface area is 83.6 Å². The van der Waals surface area contributed by atoms with E-state index in [-0.39, 0.29) is 0 Å². The minimum Gasteiger partial charge on any atom is -0.428 e. The summed E-state index contributed by atoms with van der Waals surface area (Å²) < 4.78 is 5.02. The zero-order valence-corrected chi connectivity index (χ0v) is 8.54. The lowest BCUT2D eigenvalue weighted by Gasteiger charge is -2.29. The Kier molecular flexibility index (Phi) is 3.31. The van der Waals surface area contributed by atoms with Crippen molar-refractivity contribution in [3.05, 3.63) is 0 Å². The van der Waals surface area contributed by atoms with E-state index in [4.69, 9.17) is 10.00 Å². The third-order valence-corrected chi connectivity index (χ3v) is 1.99. The molecule has 78 valence electrons. The standard InChI is InChI=1S/C9H15N3O2/c1-9(2,7-10)14-8(13)12-5-3-11-4-6-12/h11H,3-6H2,1-2H3. The van der Waals surface area contributed by atoms with Crippen molar-refractivity contribution in [2.45, 2.75) is 19.4 Å². The number of nitrogens with zero attached hydrogens (tertiary/aromatic N) is 2. The molecule has 0 saturated carbocycles. The first-order chi connectivity index (χ1) is 6.55. The van der Waals surface area contributed by atoms with Gasteiger partial charge in [0.2, 0.25) is 0 Å². The summed E-state index contributed by atoms with van der Waals surface area (Å²) in [6.45, 7) is 5.99. The molecule has 0 aromatic carbocycles. The molecule has 14 heavy (non-hydrogen) atoms. The highest BCUT2D eigenvalue weighted by Gasteiger charge is 2.26. The predicted molar refractivity (Wildman–Crippen MR) is 50.6 cm³/mol. The van der Waals surface area contributed by atoms with Crippen molar-refractivity contribution < 1.29 is 9.53 Å². The number of hydrogen-bond donors (Lipinski definition) is 1. The summed E-state index contributed by atoms with van der Waals surface area (Å²) in [5.41, 5.74) is -1.04. The van der Waals surface area contributed by atoms with Crippen LogP contribution in [0, 0.1) is 11.3 Å². The Morgan fingerprint density at radius 3 is 2.57 bits per heavy atom. The molecular weight excluding hydrogens is 182 g/mol. The fourth-order valence-electron chi connectivity index (χ4n) is 1.15. The van der Waals surface area contributed by atoms with Crippen LogP contribution in [0.1, 0.15) is 13.8 Å². The van der Waals surface area contributed by atoms with Gasteiger partial charge in [-0.15, -0.1) is 0 Å². The minimum atomic E-state index is -1.04. The van der Waals surface area contributed by atoms with Gasteiger partial charge in [-0.25, -0.2) is 4.79 Å². The second-order valence-corrected chi connectivity index (χ2v) is 3.73. The molecule has 1 saturated heterocycles. The topological polar surface area (TPSA) is 65.4 Å². The van der Waals surface area contributed by atoms with Gasteiger partial charge in [-0.05, 0) is 13.8 Å². The van der Waals surface area contributed by atoms with Crippen molar-refractivity contribution in [2.75, 3.05) is 26.2 Å². The molecular formula is C9H15N3O2. The van der Waals surface area contributed by atoms with Crippen molar-refractivity contribution in [3.63, 3.8) is 0 Å². The van der Waals surface area contributed by atoms with Crippen molar-refractivity contribution in [1.82, 2.24) is 10.2 Å². The van der Waals surface area contributed by atoms with Crippen molar-refractivity contribution >= 4 is 6.09 Å². The van der Waals surface area contributed by atoms with Crippen LogP contribution in [0.25, 0.3) is 0 Å². The predicted octanol–water partition coefficient (Wildman–Crippen LogP) is 0.330. The number of nitrogens with one attached hydrogen (secondary N) is 1. The molecule has 0 aromatic rings. The SMILES string of the molecule is CC(C)(C#N)OC(=O)N1CCNCC1. The molecule has 1 aliphatic rings. The maximum absolute atomic E-state index is 11.5. The van der Waals surface area contributed by atoms with Gasteiger partial charge in [0.1, 0.15) is 6.07 Å². The molecule has 1 amide bonds. The lowest BCUT2D eigenvalue weighted by atomic mass is 10.2. The Balaban J connectivity index is 2.45. The average molecular weight is 197 g/mol. The van der Waals surface area contributed by atoms with E-state index in [1.165, 1.54) is 0 Å². The van der Waals surface area contributed by atoms with Crippen molar-refractivity contribution in [1.29, 1.82) is 5.26 Å². The maximum Gasteiger partial charge on any atom is 0.411 e. The van der Waals surface area contributed by atoms with Crippen LogP contribution in [-0.4, -0.2) is 42.8 Å². The van der Waals surface area contributed by atoms with E-state index in [0.29, 0.717) is 13.1 Å². The van der Waals surface area contributed by atoms with Crippen molar-refractivity contribution in [3.8, 4) is 6.07 Å². The molecule has 1 N–H and O–H groups in total. The van der Waals surface area contributed by atoms with Crippen LogP contribution in [0.4, 0.5) is 4.79 Å². The first kappa shape index (κ1) is 10.8. The number of amides is 1. The molecule has 5 heteroatoms. The smallest absolute Gasteiger partial charge is 0.411 e. The number of nitriles is 1. The summed E-state index contributed by atoms with van der Waals surface area (Å²) in [7, 11) is 0. The second-order valence-electron chi connectivity index (χ2n) is 3.73. The Bertz CT molecular complexity index is 251. The highest BCUT2D eigenvalue weighted by molar-refractivity contribution is 5.68. The lowest BCUT2D eigenvalue weighted by Crippen LogP contribution is -2.48. The molecule has 1 fully saturated rings. The van der Waals surface area contributed by atoms with E-state index < -0.39 is 11.7 Å². The van der Waals surface area contributed by atoms with Crippen LogP contribution >= 0.6 is 0 Å². The summed E-state index contributed by atoms with van der Waals surface area (Å²) in [4.78, 5) is 13.1. The number of carbonyl (C=O) groups is 1. The Morgan fingerprint density at radius 2 is 2.07 bits per heavy atom. The molecule has 0 bridgehead atoms. The Hall–Kier alpha value is -1.28. The van der Waals surface area contributed by atoms with Gasteiger partial charge >= 0.3 is 6.09 Å². The first-order valence-electron chi connectivity index (χ1n) is 4.65. The highest BCUT2D eigenvalue weighted by atomic mass is 16.6. The molecule has 0 aliphatic carbocycles. The summed E-state index contributed by atoms with van der Waals surface area (Å²) in [6, 6.07) is 1.93. The molecule has 0 radical (unpaired) electrons. The van der Waals surface area contributed by atoms with Crippen LogP contribution in [0.3, 0.4) is 0 Å². The third-order valence-electron chi connectivity index (χ3n) is 1.99. The minimum absolute atomic E-state index is 0.405. The quantitative estimate of drug-likeness (QED) is 0.658. The average Bonchev–Trinajstić information content (AvgIpc) is 2.19. The van der Waals surface area contributed by atoms with Gasteiger partial charge in [-0.2, -0.15) is 5.26 Å². The van der Waals surface area contributed by atoms with Crippen LogP contribution in [0.2, 0.25) is 0 Å². The number of rotatable bonds is 1. The molecule has 1 aliphatic heterocycles. The molecule has 1 rings (SSSR count). The van der Waals surface area contributed by atoms with E-state index in [1.807, 2.05) is 6.07 Å². The summed E-state index contributed by atoms with van der Waals surface area (Å²) in [6.07, 6.45) is -0.405. The molecule has 0 spiro atoms. The van der Waals surface area contributed by atoms with Gasteiger partial charge in [0.05, 0.1) is 0 Å². The zero-order valence-electron chi connectivity index (χ0n) is 8.54. The van der Waals surface area contributed by atoms with Crippen LogP contribution in [0.15, 0.2) is 0 Å². The highest BCUT2D eigenvalue weighted by Crippen LogP contribution is 2.10. The van der Waals surface area contributed by atoms with E-state index in [9.17, 15) is 4.79 Å². The van der Waals surface area contributed by atoms with Crippen molar-refractivity contribution in [2.24, 2.45) is 0 Å². The van der Waals surface area contributed by atoms with Gasteiger partial charge in [0.15, 0.2) is 5.60 Å². The second kappa shape index (κ2) is 4.29. The van der Waals surface area contributed by atoms with Gasteiger partial charge < -0.3 is 15.0 Å². The fourth-order valence-corrected chi connectivity index (χ4v) is 1.15. The van der Waals surface area contributed by atoms with Gasteiger partial charge in [-0.3, -0.25) is 0 Å². The largest absolute Gasteiger partial charge is 0.428 e. The number of piperazine rings is 1. The Morgan fingerprint density at radius 1 is 1.50 bits per heavy atom.